The van der Waals surface area contributed by atoms with Crippen molar-refractivity contribution in [3.8, 4) is 5.75 Å². The van der Waals surface area contributed by atoms with Gasteiger partial charge in [-0.3, -0.25) is 4.79 Å². The van der Waals surface area contributed by atoms with Crippen LogP contribution in [0.2, 0.25) is 0 Å². The molecular weight excluding hydrogens is 342 g/mol. The molecule has 0 unspecified atom stereocenters. The minimum absolute atomic E-state index is 0.207. The second kappa shape index (κ2) is 8.71. The molecule has 5 heteroatoms. The molecule has 1 atom stereocenters. The van der Waals surface area contributed by atoms with E-state index in [2.05, 4.69) is 22.2 Å². The van der Waals surface area contributed by atoms with Gasteiger partial charge in [-0.1, -0.05) is 13.0 Å². The van der Waals surface area contributed by atoms with Crippen LogP contribution in [0.1, 0.15) is 47.7 Å². The first-order valence-corrected chi connectivity index (χ1v) is 9.38. The van der Waals surface area contributed by atoms with Gasteiger partial charge in [0.05, 0.1) is 12.7 Å². The lowest BCUT2D eigenvalue weighted by atomic mass is 9.92. The van der Waals surface area contributed by atoms with E-state index in [0.29, 0.717) is 17.7 Å². The van der Waals surface area contributed by atoms with E-state index in [9.17, 15) is 9.59 Å². The number of ether oxygens (including phenoxy) is 2. The molecule has 3 rings (SSSR count). The summed E-state index contributed by atoms with van der Waals surface area (Å²) in [7, 11) is 1.34. The second-order valence-corrected chi connectivity index (χ2v) is 6.71. The SMILES string of the molecule is CC[C@H](Oc1ccc2c(c1)CCCC2)C(=O)Nc1ccc(C(=O)OC)cc1. The highest BCUT2D eigenvalue weighted by Gasteiger charge is 2.20. The van der Waals surface area contributed by atoms with Crippen LogP contribution in [0, 0.1) is 0 Å². The Morgan fingerprint density at radius 2 is 1.74 bits per heavy atom. The fourth-order valence-electron chi connectivity index (χ4n) is 3.30. The van der Waals surface area contributed by atoms with Crippen molar-refractivity contribution in [2.24, 2.45) is 0 Å². The smallest absolute Gasteiger partial charge is 0.337 e. The monoisotopic (exact) mass is 367 g/mol. The summed E-state index contributed by atoms with van der Waals surface area (Å²) in [5.74, 6) is 0.120. The molecule has 0 heterocycles. The normalized spacial score (nSPS) is 14.0. The van der Waals surface area contributed by atoms with Crippen molar-refractivity contribution in [3.63, 3.8) is 0 Å². The standard InChI is InChI=1S/C22H25NO4/c1-3-20(27-19-13-10-15-6-4-5-7-17(15)14-19)21(24)23-18-11-8-16(9-12-18)22(25)26-2/h8-14,20H,3-7H2,1-2H3,(H,23,24)/t20-/m0/s1. The summed E-state index contributed by atoms with van der Waals surface area (Å²) >= 11 is 0. The van der Waals surface area contributed by atoms with Crippen LogP contribution in [0.15, 0.2) is 42.5 Å². The van der Waals surface area contributed by atoms with Crippen molar-refractivity contribution in [2.75, 3.05) is 12.4 Å². The predicted octanol–water partition coefficient (Wildman–Crippen LogP) is 4.15. The number of aryl methyl sites for hydroxylation is 2. The first kappa shape index (κ1) is 19.0. The quantitative estimate of drug-likeness (QED) is 0.779. The first-order chi connectivity index (χ1) is 13.1. The van der Waals surface area contributed by atoms with Gasteiger partial charge in [-0.15, -0.1) is 0 Å². The molecule has 2 aromatic carbocycles. The molecule has 27 heavy (non-hydrogen) atoms. The number of fused-ring (bicyclic) bond motifs is 1. The van der Waals surface area contributed by atoms with E-state index in [4.69, 9.17) is 4.74 Å². The van der Waals surface area contributed by atoms with E-state index in [1.54, 1.807) is 24.3 Å². The number of hydrogen-bond acceptors (Lipinski definition) is 4. The van der Waals surface area contributed by atoms with Crippen molar-refractivity contribution >= 4 is 17.6 Å². The number of amides is 1. The Morgan fingerprint density at radius 3 is 2.41 bits per heavy atom. The van der Waals surface area contributed by atoms with Gasteiger partial charge in [-0.05, 0) is 79.6 Å². The highest BCUT2D eigenvalue weighted by molar-refractivity contribution is 5.95. The van der Waals surface area contributed by atoms with Gasteiger partial charge < -0.3 is 14.8 Å². The minimum Gasteiger partial charge on any atom is -0.481 e. The summed E-state index contributed by atoms with van der Waals surface area (Å²) in [4.78, 5) is 24.1. The van der Waals surface area contributed by atoms with Crippen LogP contribution in [0.3, 0.4) is 0 Å². The summed E-state index contributed by atoms with van der Waals surface area (Å²) in [5, 5.41) is 2.84. The molecule has 0 aliphatic heterocycles. The lowest BCUT2D eigenvalue weighted by Crippen LogP contribution is -2.32. The Labute approximate surface area is 159 Å². The van der Waals surface area contributed by atoms with Crippen LogP contribution in [0.5, 0.6) is 5.75 Å². The fraction of sp³-hybridized carbons (Fsp3) is 0.364. The molecule has 0 fully saturated rings. The van der Waals surface area contributed by atoms with Crippen LogP contribution in [-0.4, -0.2) is 25.1 Å². The minimum atomic E-state index is -0.577. The Hall–Kier alpha value is -2.82. The molecule has 1 aliphatic rings. The van der Waals surface area contributed by atoms with E-state index in [0.717, 1.165) is 18.6 Å². The topological polar surface area (TPSA) is 64.6 Å². The molecule has 0 radical (unpaired) electrons. The van der Waals surface area contributed by atoms with Crippen LogP contribution in [0.4, 0.5) is 5.69 Å². The van der Waals surface area contributed by atoms with Crippen LogP contribution < -0.4 is 10.1 Å². The summed E-state index contributed by atoms with van der Waals surface area (Å²) in [6, 6.07) is 12.7. The maximum Gasteiger partial charge on any atom is 0.337 e. The Morgan fingerprint density at radius 1 is 1.04 bits per heavy atom. The zero-order valence-electron chi connectivity index (χ0n) is 15.8. The molecule has 5 nitrogen and oxygen atoms in total. The molecule has 142 valence electrons. The second-order valence-electron chi connectivity index (χ2n) is 6.71. The molecule has 0 saturated heterocycles. The van der Waals surface area contributed by atoms with Gasteiger partial charge in [0.2, 0.25) is 0 Å². The number of esters is 1. The molecule has 0 bridgehead atoms. The number of carbonyl (C=O) groups is 2. The maximum absolute atomic E-state index is 12.6. The molecule has 0 saturated carbocycles. The third-order valence-corrected chi connectivity index (χ3v) is 4.84. The van der Waals surface area contributed by atoms with Gasteiger partial charge in [-0.2, -0.15) is 0 Å². The third kappa shape index (κ3) is 4.67. The highest BCUT2D eigenvalue weighted by atomic mass is 16.5. The number of carbonyl (C=O) groups excluding carboxylic acids is 2. The fourth-order valence-corrected chi connectivity index (χ4v) is 3.30. The highest BCUT2D eigenvalue weighted by Crippen LogP contribution is 2.26. The van der Waals surface area contributed by atoms with Gasteiger partial charge in [0.25, 0.3) is 5.91 Å². The van der Waals surface area contributed by atoms with Crippen molar-refractivity contribution in [1.82, 2.24) is 0 Å². The molecule has 1 N–H and O–H groups in total. The van der Waals surface area contributed by atoms with Gasteiger partial charge >= 0.3 is 5.97 Å². The summed E-state index contributed by atoms with van der Waals surface area (Å²) in [6.07, 6.45) is 4.62. The maximum atomic E-state index is 12.6. The van der Waals surface area contributed by atoms with E-state index in [1.165, 1.54) is 31.1 Å². The zero-order chi connectivity index (χ0) is 19.2. The van der Waals surface area contributed by atoms with E-state index in [1.807, 2.05) is 13.0 Å². The number of methoxy groups -OCH3 is 1. The Balaban J connectivity index is 1.64. The molecular formula is C22H25NO4. The summed E-state index contributed by atoms with van der Waals surface area (Å²) < 4.78 is 10.6. The number of anilines is 1. The number of rotatable bonds is 6. The molecule has 0 aromatic heterocycles. The largest absolute Gasteiger partial charge is 0.481 e. The number of hydrogen-bond donors (Lipinski definition) is 1. The Bertz CT molecular complexity index is 814. The van der Waals surface area contributed by atoms with Crippen LogP contribution in [0.25, 0.3) is 0 Å². The molecule has 1 aliphatic carbocycles. The van der Waals surface area contributed by atoms with Gasteiger partial charge in [0.15, 0.2) is 6.10 Å². The number of nitrogens with one attached hydrogen (secondary N) is 1. The van der Waals surface area contributed by atoms with E-state index >= 15 is 0 Å². The van der Waals surface area contributed by atoms with Crippen molar-refractivity contribution in [2.45, 2.75) is 45.1 Å². The van der Waals surface area contributed by atoms with E-state index < -0.39 is 12.1 Å². The zero-order valence-corrected chi connectivity index (χ0v) is 15.8. The lowest BCUT2D eigenvalue weighted by Gasteiger charge is -2.20. The third-order valence-electron chi connectivity index (χ3n) is 4.84. The van der Waals surface area contributed by atoms with E-state index in [-0.39, 0.29) is 5.91 Å². The predicted molar refractivity (Wildman–Crippen MR) is 104 cm³/mol. The number of benzene rings is 2. The van der Waals surface area contributed by atoms with Gasteiger partial charge in [0.1, 0.15) is 5.75 Å². The first-order valence-electron chi connectivity index (χ1n) is 9.38. The van der Waals surface area contributed by atoms with Gasteiger partial charge in [-0.25, -0.2) is 4.79 Å². The summed E-state index contributed by atoms with van der Waals surface area (Å²) in [5.41, 5.74) is 3.76. The van der Waals surface area contributed by atoms with Crippen LogP contribution >= 0.6 is 0 Å². The average Bonchev–Trinajstić information content (AvgIpc) is 2.71. The summed E-state index contributed by atoms with van der Waals surface area (Å²) in [6.45, 7) is 1.92. The Kier molecular flexibility index (Phi) is 6.12. The van der Waals surface area contributed by atoms with Crippen molar-refractivity contribution < 1.29 is 19.1 Å². The van der Waals surface area contributed by atoms with Crippen molar-refractivity contribution in [1.29, 1.82) is 0 Å². The molecule has 1 amide bonds. The molecule has 0 spiro atoms. The lowest BCUT2D eigenvalue weighted by molar-refractivity contribution is -0.122. The van der Waals surface area contributed by atoms with Crippen molar-refractivity contribution in [3.05, 3.63) is 59.2 Å². The molecule has 2 aromatic rings. The van der Waals surface area contributed by atoms with Gasteiger partial charge in [0, 0.05) is 5.69 Å². The average molecular weight is 367 g/mol. The van der Waals surface area contributed by atoms with Crippen LogP contribution in [-0.2, 0) is 22.4 Å².